The summed E-state index contributed by atoms with van der Waals surface area (Å²) in [6, 6.07) is 0. The van der Waals surface area contributed by atoms with E-state index < -0.39 is 15.1 Å². The van der Waals surface area contributed by atoms with Gasteiger partial charge in [-0.15, -0.1) is 22.2 Å². The van der Waals surface area contributed by atoms with Crippen LogP contribution in [-0.2, 0) is 0 Å². The van der Waals surface area contributed by atoms with E-state index in [1.165, 1.54) is 12.8 Å². The molecular formula is C8H21Cl2NSi2. The van der Waals surface area contributed by atoms with E-state index in [9.17, 15) is 0 Å². The Balaban J connectivity index is 4.39. The molecule has 13 heavy (non-hydrogen) atoms. The zero-order chi connectivity index (χ0) is 10.7. The Morgan fingerprint density at radius 3 is 1.62 bits per heavy atom. The molecule has 0 unspecified atom stereocenters. The lowest BCUT2D eigenvalue weighted by atomic mass is 10.3. The first-order chi connectivity index (χ1) is 5.69. The Labute approximate surface area is 94.0 Å². The van der Waals surface area contributed by atoms with Crippen LogP contribution in [0.3, 0.4) is 0 Å². The van der Waals surface area contributed by atoms with Crippen LogP contribution in [0.1, 0.15) is 19.8 Å². The maximum Gasteiger partial charge on any atom is 0.217 e. The first kappa shape index (κ1) is 14.0. The van der Waals surface area contributed by atoms with Crippen LogP contribution >= 0.6 is 22.2 Å². The van der Waals surface area contributed by atoms with E-state index in [2.05, 4.69) is 37.3 Å². The van der Waals surface area contributed by atoms with Crippen molar-refractivity contribution in [1.29, 1.82) is 0 Å². The van der Waals surface area contributed by atoms with Crippen LogP contribution in [-0.4, -0.2) is 25.9 Å². The van der Waals surface area contributed by atoms with Gasteiger partial charge in [0.1, 0.15) is 0 Å². The predicted molar refractivity (Wildman–Crippen MR) is 68.3 cm³/mol. The Hall–Kier alpha value is 0.974. The molecule has 0 atom stereocenters. The molecule has 0 aromatic rings. The molecule has 0 aromatic carbocycles. The SMILES string of the molecule is CCCCN([Si](C)(C)Cl)[Si](C)(C)Cl. The van der Waals surface area contributed by atoms with Gasteiger partial charge in [-0.2, -0.15) is 0 Å². The van der Waals surface area contributed by atoms with Crippen LogP contribution in [0.4, 0.5) is 0 Å². The van der Waals surface area contributed by atoms with E-state index in [4.69, 9.17) is 22.2 Å². The van der Waals surface area contributed by atoms with Crippen molar-refractivity contribution < 1.29 is 0 Å². The Bertz CT molecular complexity index is 137. The van der Waals surface area contributed by atoms with Crippen molar-refractivity contribution in [1.82, 2.24) is 4.23 Å². The van der Waals surface area contributed by atoms with Crippen molar-refractivity contribution in [2.24, 2.45) is 0 Å². The number of nitrogens with zero attached hydrogens (tertiary/aromatic N) is 1. The average molecular weight is 258 g/mol. The monoisotopic (exact) mass is 257 g/mol. The van der Waals surface area contributed by atoms with Gasteiger partial charge < -0.3 is 4.23 Å². The fourth-order valence-corrected chi connectivity index (χ4v) is 12.6. The quantitative estimate of drug-likeness (QED) is 0.533. The molecule has 0 aromatic heterocycles. The second-order valence-corrected chi connectivity index (χ2v) is 17.0. The van der Waals surface area contributed by atoms with Crippen LogP contribution < -0.4 is 0 Å². The number of unbranched alkanes of at least 4 members (excludes halogenated alkanes) is 1. The lowest BCUT2D eigenvalue weighted by Crippen LogP contribution is -2.56. The molecular weight excluding hydrogens is 237 g/mol. The van der Waals surface area contributed by atoms with Gasteiger partial charge in [0, 0.05) is 0 Å². The molecule has 0 aliphatic rings. The molecule has 0 rings (SSSR count). The molecule has 5 heteroatoms. The minimum atomic E-state index is -1.72. The zero-order valence-electron chi connectivity index (χ0n) is 9.32. The molecule has 0 saturated heterocycles. The highest BCUT2D eigenvalue weighted by Gasteiger charge is 2.38. The molecule has 80 valence electrons. The summed E-state index contributed by atoms with van der Waals surface area (Å²) in [6.45, 7) is 11.9. The smallest absolute Gasteiger partial charge is 0.217 e. The summed E-state index contributed by atoms with van der Waals surface area (Å²) in [7, 11) is -3.45. The molecule has 0 bridgehead atoms. The largest absolute Gasteiger partial charge is 0.322 e. The number of hydrogen-bond acceptors (Lipinski definition) is 1. The summed E-state index contributed by atoms with van der Waals surface area (Å²) in [5.74, 6) is 0. The fourth-order valence-electron chi connectivity index (χ4n) is 1.48. The van der Waals surface area contributed by atoms with Crippen LogP contribution in [0, 0.1) is 0 Å². The maximum absolute atomic E-state index is 6.43. The van der Waals surface area contributed by atoms with Crippen molar-refractivity contribution >= 4 is 37.2 Å². The molecule has 0 aliphatic carbocycles. The van der Waals surface area contributed by atoms with Gasteiger partial charge >= 0.3 is 0 Å². The minimum Gasteiger partial charge on any atom is -0.322 e. The van der Waals surface area contributed by atoms with E-state index in [1.54, 1.807) is 0 Å². The normalized spacial score (nSPS) is 13.8. The summed E-state index contributed by atoms with van der Waals surface area (Å²) >= 11 is 12.9. The summed E-state index contributed by atoms with van der Waals surface area (Å²) in [6.07, 6.45) is 2.41. The average Bonchev–Trinajstić information content (AvgIpc) is 1.81. The van der Waals surface area contributed by atoms with Gasteiger partial charge in [-0.05, 0) is 39.2 Å². The highest BCUT2D eigenvalue weighted by Crippen LogP contribution is 2.25. The van der Waals surface area contributed by atoms with Crippen molar-refractivity contribution in [2.45, 2.75) is 46.0 Å². The van der Waals surface area contributed by atoms with E-state index in [0.717, 1.165) is 6.54 Å². The van der Waals surface area contributed by atoms with Gasteiger partial charge in [0.15, 0.2) is 0 Å². The molecule has 0 spiro atoms. The predicted octanol–water partition coefficient (Wildman–Crippen LogP) is 3.97. The highest BCUT2D eigenvalue weighted by molar-refractivity contribution is 7.28. The lowest BCUT2D eigenvalue weighted by molar-refractivity contribution is 0.590. The third-order valence-electron chi connectivity index (χ3n) is 2.02. The van der Waals surface area contributed by atoms with Gasteiger partial charge in [0.05, 0.1) is 0 Å². The van der Waals surface area contributed by atoms with Gasteiger partial charge in [0.25, 0.3) is 0 Å². The van der Waals surface area contributed by atoms with Gasteiger partial charge in [0.2, 0.25) is 15.1 Å². The van der Waals surface area contributed by atoms with Gasteiger partial charge in [-0.25, -0.2) is 0 Å². The van der Waals surface area contributed by atoms with Crippen LogP contribution in [0.25, 0.3) is 0 Å². The molecule has 1 nitrogen and oxygen atoms in total. The summed E-state index contributed by atoms with van der Waals surface area (Å²) in [5, 5.41) is 0. The minimum absolute atomic E-state index is 1.07. The highest BCUT2D eigenvalue weighted by atomic mass is 35.6. The standard InChI is InChI=1S/C8H21Cl2NSi2/c1-6-7-8-11(12(2,3)9)13(4,5)10/h6-8H2,1-5H3. The zero-order valence-corrected chi connectivity index (χ0v) is 12.8. The maximum atomic E-state index is 6.43. The molecule has 0 amide bonds. The molecule has 0 saturated carbocycles. The fraction of sp³-hybridized carbons (Fsp3) is 1.00. The first-order valence-corrected chi connectivity index (χ1v) is 12.8. The second-order valence-electron chi connectivity index (χ2n) is 4.32. The van der Waals surface area contributed by atoms with Crippen LogP contribution in [0.15, 0.2) is 0 Å². The molecule has 0 heterocycles. The van der Waals surface area contributed by atoms with Crippen molar-refractivity contribution in [3.8, 4) is 0 Å². The number of halogens is 2. The van der Waals surface area contributed by atoms with Crippen molar-refractivity contribution in [3.05, 3.63) is 0 Å². The molecule has 0 radical (unpaired) electrons. The van der Waals surface area contributed by atoms with E-state index in [1.807, 2.05) is 0 Å². The van der Waals surface area contributed by atoms with Crippen LogP contribution in [0.5, 0.6) is 0 Å². The van der Waals surface area contributed by atoms with E-state index in [0.29, 0.717) is 0 Å². The number of rotatable bonds is 5. The molecule has 0 fully saturated rings. The van der Waals surface area contributed by atoms with Crippen LogP contribution in [0.2, 0.25) is 26.2 Å². The summed E-state index contributed by atoms with van der Waals surface area (Å²) in [4.78, 5) is 0. The van der Waals surface area contributed by atoms with Crippen molar-refractivity contribution in [3.63, 3.8) is 0 Å². The Morgan fingerprint density at radius 1 is 1.00 bits per heavy atom. The van der Waals surface area contributed by atoms with Crippen molar-refractivity contribution in [2.75, 3.05) is 6.54 Å². The van der Waals surface area contributed by atoms with E-state index >= 15 is 0 Å². The third kappa shape index (κ3) is 5.42. The Kier molecular flexibility index (Phi) is 5.55. The van der Waals surface area contributed by atoms with E-state index in [-0.39, 0.29) is 0 Å². The number of hydrogen-bond donors (Lipinski definition) is 0. The summed E-state index contributed by atoms with van der Waals surface area (Å²) in [5.41, 5.74) is 0. The van der Waals surface area contributed by atoms with Gasteiger partial charge in [-0.1, -0.05) is 13.3 Å². The lowest BCUT2D eigenvalue weighted by Gasteiger charge is -2.39. The third-order valence-corrected chi connectivity index (χ3v) is 10.5. The summed E-state index contributed by atoms with van der Waals surface area (Å²) < 4.78 is 2.40. The Morgan fingerprint density at radius 2 is 1.38 bits per heavy atom. The molecule has 0 aliphatic heterocycles. The first-order valence-electron chi connectivity index (χ1n) is 4.85. The van der Waals surface area contributed by atoms with Gasteiger partial charge in [-0.3, -0.25) is 0 Å². The topological polar surface area (TPSA) is 3.24 Å². The molecule has 0 N–H and O–H groups in total. The second kappa shape index (κ2) is 5.17.